The van der Waals surface area contributed by atoms with Gasteiger partial charge in [-0.05, 0) is 55.4 Å². The molecule has 0 aromatic rings. The zero-order valence-corrected chi connectivity index (χ0v) is 24.7. The van der Waals surface area contributed by atoms with E-state index in [1.807, 2.05) is 67.5 Å². The van der Waals surface area contributed by atoms with Gasteiger partial charge in [-0.2, -0.15) is 0 Å². The molecule has 0 aromatic carbocycles. The molecule has 0 aromatic heterocycles. The van der Waals surface area contributed by atoms with Gasteiger partial charge in [0.15, 0.2) is 35.7 Å². The summed E-state index contributed by atoms with van der Waals surface area (Å²) in [5.74, 6) is -2.85. The highest BCUT2D eigenvalue weighted by atomic mass is 16.9. The van der Waals surface area contributed by atoms with E-state index in [4.69, 9.17) is 56.8 Å². The number of hydrogen-bond acceptors (Lipinski definition) is 12. The molecule has 0 bridgehead atoms. The summed E-state index contributed by atoms with van der Waals surface area (Å²) >= 11 is 0. The molecular formula is C28H44O12. The topological polar surface area (TPSA) is 111 Å². The van der Waals surface area contributed by atoms with Crippen LogP contribution in [0.2, 0.25) is 0 Å². The molecule has 0 N–H and O–H groups in total. The molecule has 6 heterocycles. The van der Waals surface area contributed by atoms with Gasteiger partial charge < -0.3 is 56.8 Å². The quantitative estimate of drug-likeness (QED) is 0.398. The van der Waals surface area contributed by atoms with Crippen LogP contribution >= 0.6 is 0 Å². The number of hydrogen-bond donors (Lipinski definition) is 0. The zero-order chi connectivity index (χ0) is 28.5. The van der Waals surface area contributed by atoms with Crippen molar-refractivity contribution in [3.8, 4) is 0 Å². The van der Waals surface area contributed by atoms with Crippen molar-refractivity contribution in [1.82, 2.24) is 0 Å². The first-order valence-electron chi connectivity index (χ1n) is 14.2. The number of fused-ring (bicyclic) bond motifs is 2. The third-order valence-corrected chi connectivity index (χ3v) is 7.78. The first-order chi connectivity index (χ1) is 18.7. The second-order valence-corrected chi connectivity index (χ2v) is 12.9. The Labute approximate surface area is 235 Å². The van der Waals surface area contributed by atoms with Gasteiger partial charge in [-0.1, -0.05) is 12.2 Å². The van der Waals surface area contributed by atoms with Crippen molar-refractivity contribution in [3.05, 3.63) is 12.2 Å². The average molecular weight is 573 g/mol. The summed E-state index contributed by atoms with van der Waals surface area (Å²) in [5, 5.41) is 0. The molecule has 6 aliphatic heterocycles. The number of ether oxygens (including phenoxy) is 12. The van der Waals surface area contributed by atoms with Crippen molar-refractivity contribution in [2.75, 3.05) is 26.4 Å². The Morgan fingerprint density at radius 2 is 0.925 bits per heavy atom. The van der Waals surface area contributed by atoms with Gasteiger partial charge in [0.05, 0.1) is 26.4 Å². The lowest BCUT2D eigenvalue weighted by Gasteiger charge is -2.29. The Kier molecular flexibility index (Phi) is 7.67. The van der Waals surface area contributed by atoms with E-state index < -0.39 is 35.7 Å². The van der Waals surface area contributed by atoms with Crippen LogP contribution in [0.4, 0.5) is 0 Å². The molecule has 6 saturated heterocycles. The Morgan fingerprint density at radius 1 is 0.525 bits per heavy atom. The van der Waals surface area contributed by atoms with E-state index in [1.165, 1.54) is 0 Å². The molecule has 40 heavy (non-hydrogen) atoms. The first kappa shape index (κ1) is 29.3. The largest absolute Gasteiger partial charge is 0.368 e. The molecule has 12 nitrogen and oxygen atoms in total. The standard InChI is InChI=1S/C28H44O12/c1-25(2)31-13-15(35-25)17-19(21-23(33-17)39-27(5,6)37-21)29-11-9-10-12-30-20-18(16-14-32-26(3,4)36-16)34-24-22(20)38-28(7,8)40-24/h9-10,15-24H,11-14H2,1-8H3/b10-9-/t15-,16-,17-,18-,19+,20+,21-,22-,23-,24-/m1/s1. The van der Waals surface area contributed by atoms with Crippen molar-refractivity contribution in [1.29, 1.82) is 0 Å². The van der Waals surface area contributed by atoms with Crippen LogP contribution in [0, 0.1) is 0 Å². The molecule has 0 radical (unpaired) electrons. The van der Waals surface area contributed by atoms with Gasteiger partial charge >= 0.3 is 0 Å². The fraction of sp³-hybridized carbons (Fsp3) is 0.929. The van der Waals surface area contributed by atoms with Crippen LogP contribution in [0.5, 0.6) is 0 Å². The lowest BCUT2D eigenvalue weighted by Crippen LogP contribution is -2.44. The maximum absolute atomic E-state index is 6.28. The van der Waals surface area contributed by atoms with Gasteiger partial charge in [-0.15, -0.1) is 0 Å². The van der Waals surface area contributed by atoms with E-state index in [-0.39, 0.29) is 48.8 Å². The molecule has 6 aliphatic rings. The molecule has 0 amide bonds. The Balaban J connectivity index is 1.05. The van der Waals surface area contributed by atoms with Gasteiger partial charge in [-0.3, -0.25) is 0 Å². The summed E-state index contributed by atoms with van der Waals surface area (Å²) < 4.78 is 72.8. The first-order valence-corrected chi connectivity index (χ1v) is 14.2. The van der Waals surface area contributed by atoms with E-state index in [9.17, 15) is 0 Å². The monoisotopic (exact) mass is 572 g/mol. The van der Waals surface area contributed by atoms with E-state index in [0.717, 1.165) is 0 Å². The third kappa shape index (κ3) is 6.01. The van der Waals surface area contributed by atoms with Crippen molar-refractivity contribution in [2.45, 2.75) is 140 Å². The van der Waals surface area contributed by atoms with E-state index >= 15 is 0 Å². The fourth-order valence-electron chi connectivity index (χ4n) is 6.21. The van der Waals surface area contributed by atoms with Crippen molar-refractivity contribution >= 4 is 0 Å². The fourth-order valence-corrected chi connectivity index (χ4v) is 6.21. The van der Waals surface area contributed by atoms with Crippen LogP contribution in [0.15, 0.2) is 12.2 Å². The normalized spacial score (nSPS) is 46.4. The third-order valence-electron chi connectivity index (χ3n) is 7.78. The van der Waals surface area contributed by atoms with Gasteiger partial charge in [0.2, 0.25) is 0 Å². The van der Waals surface area contributed by atoms with Crippen LogP contribution in [-0.2, 0) is 56.8 Å². The van der Waals surface area contributed by atoms with Crippen LogP contribution in [0.1, 0.15) is 55.4 Å². The summed E-state index contributed by atoms with van der Waals surface area (Å²) in [6.45, 7) is 16.5. The van der Waals surface area contributed by atoms with Crippen LogP contribution in [0.3, 0.4) is 0 Å². The molecule has 0 unspecified atom stereocenters. The highest BCUT2D eigenvalue weighted by Crippen LogP contribution is 2.43. The molecule has 228 valence electrons. The summed E-state index contributed by atoms with van der Waals surface area (Å²) in [5.41, 5.74) is 0. The molecule has 0 saturated carbocycles. The smallest absolute Gasteiger partial charge is 0.190 e. The SMILES string of the molecule is CC1(C)O[C@H]2O[C@H]([C@H]3COC(C)(C)O3)[C@H](OC/C=C\CO[C@@H]3[C@H]4OC(C)(C)O[C@H]4O[C@@H]3[C@H]3COC(C)(C)O3)[C@H]2O1. The van der Waals surface area contributed by atoms with Crippen molar-refractivity contribution in [3.63, 3.8) is 0 Å². The van der Waals surface area contributed by atoms with Gasteiger partial charge in [0.25, 0.3) is 0 Å². The summed E-state index contributed by atoms with van der Waals surface area (Å²) in [4.78, 5) is 0. The Bertz CT molecular complexity index is 876. The van der Waals surface area contributed by atoms with Crippen molar-refractivity contribution < 1.29 is 56.8 Å². The molecule has 10 atom stereocenters. The van der Waals surface area contributed by atoms with E-state index in [1.54, 1.807) is 0 Å². The molecule has 12 heteroatoms. The summed E-state index contributed by atoms with van der Waals surface area (Å²) in [7, 11) is 0. The Morgan fingerprint density at radius 3 is 1.27 bits per heavy atom. The lowest BCUT2D eigenvalue weighted by molar-refractivity contribution is -0.235. The molecule has 0 spiro atoms. The molecule has 6 rings (SSSR count). The van der Waals surface area contributed by atoms with Crippen LogP contribution in [0.25, 0.3) is 0 Å². The zero-order valence-electron chi connectivity index (χ0n) is 24.7. The lowest BCUT2D eigenvalue weighted by atomic mass is 10.1. The predicted molar refractivity (Wildman–Crippen MR) is 136 cm³/mol. The van der Waals surface area contributed by atoms with Crippen LogP contribution in [-0.4, -0.2) is 111 Å². The average Bonchev–Trinajstić information content (AvgIpc) is 3.63. The highest BCUT2D eigenvalue weighted by Gasteiger charge is 2.60. The highest BCUT2D eigenvalue weighted by molar-refractivity contribution is 5.01. The van der Waals surface area contributed by atoms with E-state index in [0.29, 0.717) is 26.4 Å². The van der Waals surface area contributed by atoms with Crippen LogP contribution < -0.4 is 0 Å². The second-order valence-electron chi connectivity index (χ2n) is 12.9. The number of rotatable bonds is 8. The predicted octanol–water partition coefficient (Wildman–Crippen LogP) is 2.37. The molecular weight excluding hydrogens is 528 g/mol. The summed E-state index contributed by atoms with van der Waals surface area (Å²) in [6, 6.07) is 0. The minimum absolute atomic E-state index is 0.287. The van der Waals surface area contributed by atoms with Gasteiger partial charge in [0, 0.05) is 0 Å². The molecule has 0 aliphatic carbocycles. The minimum atomic E-state index is -0.750. The molecule has 6 fully saturated rings. The van der Waals surface area contributed by atoms with E-state index in [2.05, 4.69) is 0 Å². The Hall–Kier alpha value is -0.740. The van der Waals surface area contributed by atoms with Gasteiger partial charge in [-0.25, -0.2) is 0 Å². The minimum Gasteiger partial charge on any atom is -0.368 e. The second kappa shape index (κ2) is 10.5. The maximum atomic E-state index is 6.28. The maximum Gasteiger partial charge on any atom is 0.190 e. The van der Waals surface area contributed by atoms with Crippen molar-refractivity contribution in [2.24, 2.45) is 0 Å². The van der Waals surface area contributed by atoms with Gasteiger partial charge in [0.1, 0.15) is 48.8 Å². The summed E-state index contributed by atoms with van der Waals surface area (Å²) in [6.07, 6.45) is -0.0754.